The van der Waals surface area contributed by atoms with Gasteiger partial charge in [0.05, 0.1) is 22.8 Å². The van der Waals surface area contributed by atoms with Crippen molar-refractivity contribution in [1.82, 2.24) is 9.88 Å². The highest BCUT2D eigenvalue weighted by Gasteiger charge is 2.28. The number of benzene rings is 2. The van der Waals surface area contributed by atoms with Crippen molar-refractivity contribution in [3.8, 4) is 0 Å². The number of nitrogen functional groups attached to an aromatic ring is 1. The molecule has 0 bridgehead atoms. The number of likely N-dealkylation sites (tertiary alicyclic amines) is 1. The Labute approximate surface area is 160 Å². The van der Waals surface area contributed by atoms with Gasteiger partial charge in [0.25, 0.3) is 0 Å². The van der Waals surface area contributed by atoms with Crippen LogP contribution in [0.5, 0.6) is 0 Å². The molecule has 2 aromatic carbocycles. The maximum atomic E-state index is 12.9. The zero-order chi connectivity index (χ0) is 18.8. The van der Waals surface area contributed by atoms with Gasteiger partial charge >= 0.3 is 0 Å². The summed E-state index contributed by atoms with van der Waals surface area (Å²) < 4.78 is 0. The summed E-state index contributed by atoms with van der Waals surface area (Å²) in [5, 5.41) is 1.07. The van der Waals surface area contributed by atoms with Crippen molar-refractivity contribution in [2.45, 2.75) is 31.6 Å². The number of carbonyl (C=O) groups excluding carboxylic acids is 1. The molecule has 1 aliphatic rings. The van der Waals surface area contributed by atoms with Crippen molar-refractivity contribution < 1.29 is 4.79 Å². The van der Waals surface area contributed by atoms with E-state index < -0.39 is 0 Å². The number of amides is 1. The van der Waals surface area contributed by atoms with Gasteiger partial charge in [0.1, 0.15) is 0 Å². The van der Waals surface area contributed by atoms with E-state index in [4.69, 9.17) is 10.7 Å². The maximum Gasteiger partial charge on any atom is 0.229 e. The Bertz CT molecular complexity index is 946. The van der Waals surface area contributed by atoms with Crippen LogP contribution >= 0.6 is 0 Å². The second-order valence-corrected chi connectivity index (χ2v) is 7.39. The Hall–Kier alpha value is -2.88. The van der Waals surface area contributed by atoms with Crippen molar-refractivity contribution in [2.24, 2.45) is 0 Å². The number of hydrogen-bond acceptors (Lipinski definition) is 3. The van der Waals surface area contributed by atoms with Crippen LogP contribution in [-0.4, -0.2) is 28.9 Å². The smallest absolute Gasteiger partial charge is 0.229 e. The predicted molar refractivity (Wildman–Crippen MR) is 110 cm³/mol. The van der Waals surface area contributed by atoms with E-state index in [2.05, 4.69) is 0 Å². The van der Waals surface area contributed by atoms with Crippen molar-refractivity contribution in [2.75, 3.05) is 18.8 Å². The van der Waals surface area contributed by atoms with Crippen LogP contribution in [0, 0.1) is 0 Å². The Morgan fingerprint density at radius 2 is 1.74 bits per heavy atom. The summed E-state index contributed by atoms with van der Waals surface area (Å²) in [6.45, 7) is 3.51. The largest absolute Gasteiger partial charge is 0.397 e. The van der Waals surface area contributed by atoms with Crippen LogP contribution in [0.3, 0.4) is 0 Å². The van der Waals surface area contributed by atoms with Crippen LogP contribution in [0.4, 0.5) is 5.69 Å². The molecule has 2 N–H and O–H groups in total. The summed E-state index contributed by atoms with van der Waals surface area (Å²) in [5.41, 5.74) is 10.1. The van der Waals surface area contributed by atoms with E-state index in [1.807, 2.05) is 72.5 Å². The first-order chi connectivity index (χ1) is 13.1. The molecule has 1 aliphatic heterocycles. The number of anilines is 1. The van der Waals surface area contributed by atoms with Crippen molar-refractivity contribution >= 4 is 22.5 Å². The lowest BCUT2D eigenvalue weighted by Gasteiger charge is -2.34. The first kappa shape index (κ1) is 17.5. The van der Waals surface area contributed by atoms with Crippen molar-refractivity contribution in [1.29, 1.82) is 0 Å². The molecule has 4 rings (SSSR count). The van der Waals surface area contributed by atoms with Gasteiger partial charge in [-0.3, -0.25) is 9.78 Å². The topological polar surface area (TPSA) is 59.2 Å². The Balaban J connectivity index is 1.46. The minimum Gasteiger partial charge on any atom is -0.397 e. The molecule has 1 amide bonds. The van der Waals surface area contributed by atoms with Gasteiger partial charge in [0.15, 0.2) is 0 Å². The molecule has 1 saturated heterocycles. The molecule has 4 heteroatoms. The third-order valence-corrected chi connectivity index (χ3v) is 5.65. The van der Waals surface area contributed by atoms with Gasteiger partial charge in [-0.2, -0.15) is 0 Å². The summed E-state index contributed by atoms with van der Waals surface area (Å²) in [5.74, 6) is 0.413. The number of rotatable bonds is 3. The molecule has 1 unspecified atom stereocenters. The zero-order valence-corrected chi connectivity index (χ0v) is 15.6. The summed E-state index contributed by atoms with van der Waals surface area (Å²) in [7, 11) is 0. The monoisotopic (exact) mass is 359 g/mol. The maximum absolute atomic E-state index is 12.9. The molecule has 1 atom stereocenters. The fourth-order valence-corrected chi connectivity index (χ4v) is 4.01. The van der Waals surface area contributed by atoms with E-state index in [-0.39, 0.29) is 11.8 Å². The number of nitrogens with zero attached hydrogens (tertiary/aromatic N) is 2. The van der Waals surface area contributed by atoms with Crippen LogP contribution in [0.2, 0.25) is 0 Å². The van der Waals surface area contributed by atoms with Gasteiger partial charge in [-0.05, 0) is 37.5 Å². The molecular formula is C23H25N3O. The summed E-state index contributed by atoms with van der Waals surface area (Å²) >= 11 is 0. The summed E-state index contributed by atoms with van der Waals surface area (Å²) in [4.78, 5) is 19.7. The number of para-hydroxylation sites is 1. The van der Waals surface area contributed by atoms with E-state index in [0.717, 1.165) is 53.8 Å². The van der Waals surface area contributed by atoms with Gasteiger partial charge < -0.3 is 10.6 Å². The quantitative estimate of drug-likeness (QED) is 0.757. The molecule has 2 heterocycles. The number of carbonyl (C=O) groups is 1. The SMILES string of the molecule is CC(C(=O)N1CCC(c2nc3ccccc3cc2N)CC1)c1ccccc1. The Morgan fingerprint density at radius 1 is 1.07 bits per heavy atom. The van der Waals surface area contributed by atoms with Gasteiger partial charge in [-0.15, -0.1) is 0 Å². The normalized spacial score (nSPS) is 16.4. The Morgan fingerprint density at radius 3 is 2.48 bits per heavy atom. The number of fused-ring (bicyclic) bond motifs is 1. The number of nitrogens with two attached hydrogens (primary N) is 1. The van der Waals surface area contributed by atoms with Crippen LogP contribution in [-0.2, 0) is 4.79 Å². The molecule has 0 aliphatic carbocycles. The molecular weight excluding hydrogens is 334 g/mol. The van der Waals surface area contributed by atoms with E-state index in [0.29, 0.717) is 5.92 Å². The van der Waals surface area contributed by atoms with Crippen LogP contribution in [0.1, 0.15) is 42.9 Å². The summed E-state index contributed by atoms with van der Waals surface area (Å²) in [6.07, 6.45) is 1.81. The Kier molecular flexibility index (Phi) is 4.80. The van der Waals surface area contributed by atoms with Crippen LogP contribution < -0.4 is 5.73 Å². The third kappa shape index (κ3) is 3.52. The fourth-order valence-electron chi connectivity index (χ4n) is 4.01. The van der Waals surface area contributed by atoms with Crippen LogP contribution in [0.15, 0.2) is 60.7 Å². The van der Waals surface area contributed by atoms with Gasteiger partial charge in [0, 0.05) is 24.4 Å². The third-order valence-electron chi connectivity index (χ3n) is 5.65. The van der Waals surface area contributed by atoms with Crippen LogP contribution in [0.25, 0.3) is 10.9 Å². The fraction of sp³-hybridized carbons (Fsp3) is 0.304. The standard InChI is InChI=1S/C23H25N3O/c1-16(17-7-3-2-4-8-17)23(27)26-13-11-18(12-14-26)22-20(24)15-19-9-5-6-10-21(19)25-22/h2-10,15-16,18H,11-14,24H2,1H3. The minimum absolute atomic E-state index is 0.105. The van der Waals surface area contributed by atoms with E-state index in [1.165, 1.54) is 0 Å². The van der Waals surface area contributed by atoms with Gasteiger partial charge in [0.2, 0.25) is 5.91 Å². The highest BCUT2D eigenvalue weighted by atomic mass is 16.2. The lowest BCUT2D eigenvalue weighted by molar-refractivity contribution is -0.133. The second-order valence-electron chi connectivity index (χ2n) is 7.39. The number of pyridine rings is 1. The molecule has 1 aromatic heterocycles. The first-order valence-corrected chi connectivity index (χ1v) is 9.62. The van der Waals surface area contributed by atoms with Gasteiger partial charge in [-0.25, -0.2) is 0 Å². The average molecular weight is 359 g/mol. The molecule has 0 spiro atoms. The van der Waals surface area contributed by atoms with E-state index in [9.17, 15) is 4.79 Å². The average Bonchev–Trinajstić information content (AvgIpc) is 2.73. The lowest BCUT2D eigenvalue weighted by atomic mass is 9.90. The minimum atomic E-state index is -0.105. The molecule has 1 fully saturated rings. The van der Waals surface area contributed by atoms with Crippen molar-refractivity contribution in [3.63, 3.8) is 0 Å². The summed E-state index contributed by atoms with van der Waals surface area (Å²) in [6, 6.07) is 20.1. The molecule has 27 heavy (non-hydrogen) atoms. The van der Waals surface area contributed by atoms with E-state index in [1.54, 1.807) is 0 Å². The zero-order valence-electron chi connectivity index (χ0n) is 15.6. The highest BCUT2D eigenvalue weighted by Crippen LogP contribution is 2.33. The number of hydrogen-bond donors (Lipinski definition) is 1. The second kappa shape index (κ2) is 7.39. The molecule has 0 saturated carbocycles. The number of piperidine rings is 1. The molecule has 4 nitrogen and oxygen atoms in total. The lowest BCUT2D eigenvalue weighted by Crippen LogP contribution is -2.40. The molecule has 0 radical (unpaired) electrons. The first-order valence-electron chi connectivity index (χ1n) is 9.62. The predicted octanol–water partition coefficient (Wildman–Crippen LogP) is 4.33. The molecule has 138 valence electrons. The van der Waals surface area contributed by atoms with Gasteiger partial charge in [-0.1, -0.05) is 48.5 Å². The number of aromatic nitrogens is 1. The molecule has 3 aromatic rings. The van der Waals surface area contributed by atoms with E-state index >= 15 is 0 Å². The highest BCUT2D eigenvalue weighted by molar-refractivity contribution is 5.84. The van der Waals surface area contributed by atoms with Crippen molar-refractivity contribution in [3.05, 3.63) is 71.9 Å².